The van der Waals surface area contributed by atoms with E-state index >= 15 is 0 Å². The summed E-state index contributed by atoms with van der Waals surface area (Å²) in [4.78, 5) is 0. The van der Waals surface area contributed by atoms with E-state index in [2.05, 4.69) is 4.74 Å². The second kappa shape index (κ2) is 5.89. The van der Waals surface area contributed by atoms with Gasteiger partial charge < -0.3 is 4.74 Å². The van der Waals surface area contributed by atoms with Crippen LogP contribution in [0.4, 0.5) is 4.39 Å². The Morgan fingerprint density at radius 2 is 2.44 bits per heavy atom. The van der Waals surface area contributed by atoms with Crippen molar-refractivity contribution in [3.63, 3.8) is 0 Å². The van der Waals surface area contributed by atoms with E-state index in [1.54, 1.807) is 0 Å². The van der Waals surface area contributed by atoms with Gasteiger partial charge in [-0.25, -0.2) is 0 Å². The number of hydrogen-bond acceptors (Lipinski definition) is 1. The van der Waals surface area contributed by atoms with Gasteiger partial charge in [0.25, 0.3) is 0 Å². The normalized spacial score (nSPS) is 11.7. The molecular formula is C6H10ClFO. The third-order valence-corrected chi connectivity index (χ3v) is 0.877. The largest absolute Gasteiger partial charge is 0.497 e. The van der Waals surface area contributed by atoms with Gasteiger partial charge in [-0.1, -0.05) is 13.3 Å². The zero-order valence-electron chi connectivity index (χ0n) is 5.36. The summed E-state index contributed by atoms with van der Waals surface area (Å²) < 4.78 is 16.3. The highest BCUT2D eigenvalue weighted by atomic mass is 35.5. The second-order valence-electron chi connectivity index (χ2n) is 1.63. The molecule has 0 aromatic rings. The first-order valence-corrected chi connectivity index (χ1v) is 3.28. The first-order valence-electron chi connectivity index (χ1n) is 2.90. The first kappa shape index (κ1) is 8.76. The molecule has 0 fully saturated rings. The highest BCUT2D eigenvalue weighted by Gasteiger charge is 1.84. The molecule has 0 radical (unpaired) electrons. The Kier molecular flexibility index (Phi) is 5.73. The molecule has 0 atom stereocenters. The van der Waals surface area contributed by atoms with Gasteiger partial charge in [0, 0.05) is 0 Å². The van der Waals surface area contributed by atoms with Crippen molar-refractivity contribution in [2.75, 3.05) is 6.61 Å². The van der Waals surface area contributed by atoms with Crippen LogP contribution >= 0.6 is 11.6 Å². The second-order valence-corrected chi connectivity index (χ2v) is 1.99. The summed E-state index contributed by atoms with van der Waals surface area (Å²) in [6.45, 7) is 2.57. The molecule has 0 saturated heterocycles. The van der Waals surface area contributed by atoms with Crippen LogP contribution in [-0.2, 0) is 4.74 Å². The van der Waals surface area contributed by atoms with Gasteiger partial charge in [-0.05, 0) is 18.0 Å². The monoisotopic (exact) mass is 152 g/mol. The van der Waals surface area contributed by atoms with Gasteiger partial charge in [0.15, 0.2) is 0 Å². The van der Waals surface area contributed by atoms with Crippen LogP contribution in [0.5, 0.6) is 0 Å². The molecule has 3 heteroatoms. The fraction of sp³-hybridized carbons (Fsp3) is 0.667. The Balaban J connectivity index is 3.00. The molecule has 9 heavy (non-hydrogen) atoms. The van der Waals surface area contributed by atoms with Crippen LogP contribution in [0.25, 0.3) is 0 Å². The van der Waals surface area contributed by atoms with Crippen molar-refractivity contribution in [3.8, 4) is 0 Å². The molecule has 0 aromatic carbocycles. The lowest BCUT2D eigenvalue weighted by Gasteiger charge is -1.95. The highest BCUT2D eigenvalue weighted by molar-refractivity contribution is 6.27. The number of unbranched alkanes of at least 4 members (excludes halogenated alkanes) is 1. The molecule has 0 saturated carbocycles. The zero-order chi connectivity index (χ0) is 7.11. The molecule has 1 nitrogen and oxygen atoms in total. The van der Waals surface area contributed by atoms with E-state index in [1.165, 1.54) is 0 Å². The maximum absolute atomic E-state index is 11.6. The Morgan fingerprint density at radius 3 is 2.89 bits per heavy atom. The van der Waals surface area contributed by atoms with E-state index in [1.807, 2.05) is 6.92 Å². The van der Waals surface area contributed by atoms with E-state index in [0.717, 1.165) is 19.1 Å². The first-order chi connectivity index (χ1) is 4.27. The molecule has 0 rings (SSSR count). The van der Waals surface area contributed by atoms with Crippen molar-refractivity contribution in [2.45, 2.75) is 19.8 Å². The van der Waals surface area contributed by atoms with Gasteiger partial charge >= 0.3 is 0 Å². The topological polar surface area (TPSA) is 9.23 Å². The summed E-state index contributed by atoms with van der Waals surface area (Å²) in [5, 5.41) is -0.800. The summed E-state index contributed by atoms with van der Waals surface area (Å²) in [5.74, 6) is 0. The van der Waals surface area contributed by atoms with Gasteiger partial charge in [0.05, 0.1) is 6.61 Å². The summed E-state index contributed by atoms with van der Waals surface area (Å²) in [5.41, 5.74) is 0. The third-order valence-electron chi connectivity index (χ3n) is 0.788. The molecule has 54 valence electrons. The lowest BCUT2D eigenvalue weighted by atomic mass is 10.4. The van der Waals surface area contributed by atoms with Crippen molar-refractivity contribution in [3.05, 3.63) is 11.5 Å². The average Bonchev–Trinajstić information content (AvgIpc) is 1.80. The van der Waals surface area contributed by atoms with Gasteiger partial charge in [-0.3, -0.25) is 0 Å². The third kappa shape index (κ3) is 7.76. The molecule has 0 aliphatic carbocycles. The Labute approximate surface area is 59.5 Å². The Morgan fingerprint density at radius 1 is 1.78 bits per heavy atom. The van der Waals surface area contributed by atoms with E-state index < -0.39 is 5.29 Å². The fourth-order valence-electron chi connectivity index (χ4n) is 0.350. The molecular weight excluding hydrogens is 143 g/mol. The number of halogens is 2. The van der Waals surface area contributed by atoms with Crippen molar-refractivity contribution < 1.29 is 9.13 Å². The maximum Gasteiger partial charge on any atom is 0.223 e. The van der Waals surface area contributed by atoms with Gasteiger partial charge in [-0.2, -0.15) is 4.39 Å². The molecule has 0 unspecified atom stereocenters. The number of rotatable bonds is 4. The summed E-state index contributed by atoms with van der Waals surface area (Å²) in [6.07, 6.45) is 2.88. The quantitative estimate of drug-likeness (QED) is 0.445. The fourth-order valence-corrected chi connectivity index (χ4v) is 0.413. The minimum absolute atomic E-state index is 0.538. The van der Waals surface area contributed by atoms with E-state index in [4.69, 9.17) is 11.6 Å². The predicted octanol–water partition coefficient (Wildman–Crippen LogP) is 2.81. The molecule has 0 N–H and O–H groups in total. The minimum atomic E-state index is -0.800. The maximum atomic E-state index is 11.6. The molecule has 0 bridgehead atoms. The van der Waals surface area contributed by atoms with E-state index in [-0.39, 0.29) is 0 Å². The molecule has 0 aliphatic rings. The molecule has 0 aliphatic heterocycles. The highest BCUT2D eigenvalue weighted by Crippen LogP contribution is 2.01. The van der Waals surface area contributed by atoms with Crippen molar-refractivity contribution >= 4 is 11.6 Å². The smallest absolute Gasteiger partial charge is 0.223 e. The summed E-state index contributed by atoms with van der Waals surface area (Å²) >= 11 is 4.83. The van der Waals surface area contributed by atoms with Gasteiger partial charge in [0.1, 0.15) is 6.26 Å². The van der Waals surface area contributed by atoms with Crippen LogP contribution in [0, 0.1) is 0 Å². The lowest BCUT2D eigenvalue weighted by Crippen LogP contribution is -1.84. The SMILES string of the molecule is CCCCOC=C(F)Cl. The van der Waals surface area contributed by atoms with E-state index in [0.29, 0.717) is 6.61 Å². The zero-order valence-corrected chi connectivity index (χ0v) is 6.12. The minimum Gasteiger partial charge on any atom is -0.497 e. The summed E-state index contributed by atoms with van der Waals surface area (Å²) in [6, 6.07) is 0. The Hall–Kier alpha value is -0.240. The molecule has 0 spiro atoms. The predicted molar refractivity (Wildman–Crippen MR) is 35.9 cm³/mol. The number of hydrogen-bond donors (Lipinski definition) is 0. The van der Waals surface area contributed by atoms with Crippen LogP contribution in [-0.4, -0.2) is 6.61 Å². The van der Waals surface area contributed by atoms with Crippen LogP contribution in [0.2, 0.25) is 0 Å². The van der Waals surface area contributed by atoms with Crippen LogP contribution in [0.3, 0.4) is 0 Å². The van der Waals surface area contributed by atoms with Crippen molar-refractivity contribution in [1.82, 2.24) is 0 Å². The van der Waals surface area contributed by atoms with Crippen molar-refractivity contribution in [2.24, 2.45) is 0 Å². The van der Waals surface area contributed by atoms with Crippen LogP contribution in [0.15, 0.2) is 11.5 Å². The van der Waals surface area contributed by atoms with E-state index in [9.17, 15) is 4.39 Å². The van der Waals surface area contributed by atoms with Crippen molar-refractivity contribution in [1.29, 1.82) is 0 Å². The standard InChI is InChI=1S/C6H10ClFO/c1-2-3-4-9-5-6(7)8/h5H,2-4H2,1H3. The van der Waals surface area contributed by atoms with Crippen LogP contribution < -0.4 is 0 Å². The van der Waals surface area contributed by atoms with Gasteiger partial charge in [-0.15, -0.1) is 0 Å². The number of ether oxygens (including phenoxy) is 1. The average molecular weight is 153 g/mol. The molecule has 0 aromatic heterocycles. The molecule has 0 heterocycles. The Bertz CT molecular complexity index is 89.1. The van der Waals surface area contributed by atoms with Gasteiger partial charge in [0.2, 0.25) is 5.29 Å². The van der Waals surface area contributed by atoms with Crippen LogP contribution in [0.1, 0.15) is 19.8 Å². The molecule has 0 amide bonds. The summed E-state index contributed by atoms with van der Waals surface area (Å²) in [7, 11) is 0. The lowest BCUT2D eigenvalue weighted by molar-refractivity contribution is 0.237.